The van der Waals surface area contributed by atoms with Crippen LogP contribution < -0.4 is 0 Å². The maximum absolute atomic E-state index is 13.1. The highest BCUT2D eigenvalue weighted by atomic mass is 16.6. The zero-order valence-electron chi connectivity index (χ0n) is 17.8. The predicted molar refractivity (Wildman–Crippen MR) is 107 cm³/mol. The average Bonchev–Trinajstić information content (AvgIpc) is 3.36. The van der Waals surface area contributed by atoms with Crippen LogP contribution in [0.5, 0.6) is 0 Å². The van der Waals surface area contributed by atoms with Crippen molar-refractivity contribution in [3.63, 3.8) is 0 Å². The molecule has 4 aliphatic carbocycles. The lowest BCUT2D eigenvalue weighted by Crippen LogP contribution is -2.62. The summed E-state index contributed by atoms with van der Waals surface area (Å²) in [7, 11) is 0. The van der Waals surface area contributed by atoms with Crippen LogP contribution in [0, 0.1) is 28.6 Å². The van der Waals surface area contributed by atoms with Gasteiger partial charge in [-0.2, -0.15) is 0 Å². The molecule has 162 valence electrons. The number of aliphatic carboxylic acids is 1. The summed E-state index contributed by atoms with van der Waals surface area (Å²) in [6.45, 7) is 6.11. The Labute approximate surface area is 176 Å². The maximum atomic E-state index is 13.1. The minimum atomic E-state index is -1.53. The fourth-order valence-corrected chi connectivity index (χ4v) is 7.99. The van der Waals surface area contributed by atoms with Crippen LogP contribution in [0.3, 0.4) is 0 Å². The van der Waals surface area contributed by atoms with Gasteiger partial charge in [0.1, 0.15) is 11.2 Å². The number of allylic oxidation sites excluding steroid dienone is 2. The first-order chi connectivity index (χ1) is 14.0. The van der Waals surface area contributed by atoms with E-state index in [0.717, 1.165) is 24.8 Å². The van der Waals surface area contributed by atoms with Crippen molar-refractivity contribution in [2.75, 3.05) is 0 Å². The third-order valence-electron chi connectivity index (χ3n) is 9.51. The summed E-state index contributed by atoms with van der Waals surface area (Å²) in [4.78, 5) is 36.1. The van der Waals surface area contributed by atoms with Gasteiger partial charge in [0, 0.05) is 17.3 Å². The molecule has 0 aromatic heterocycles. The molecule has 1 heterocycles. The van der Waals surface area contributed by atoms with E-state index >= 15 is 0 Å². The van der Waals surface area contributed by atoms with Crippen molar-refractivity contribution in [2.45, 2.75) is 76.6 Å². The summed E-state index contributed by atoms with van der Waals surface area (Å²) in [5, 5.41) is 20.8. The molecular formula is C24H30O6. The van der Waals surface area contributed by atoms with Gasteiger partial charge < -0.3 is 14.9 Å². The fraction of sp³-hybridized carbons (Fsp3) is 0.708. The number of carbonyl (C=O) groups is 3. The molecule has 0 amide bonds. The number of ether oxygens (including phenoxy) is 1. The molecule has 4 fully saturated rings. The highest BCUT2D eigenvalue weighted by Gasteiger charge is 2.81. The summed E-state index contributed by atoms with van der Waals surface area (Å²) < 4.78 is 6.47. The summed E-state index contributed by atoms with van der Waals surface area (Å²) in [6.07, 6.45) is 7.97. The second-order valence-corrected chi connectivity index (χ2v) is 10.6. The highest BCUT2D eigenvalue weighted by Crippen LogP contribution is 2.76. The first-order valence-corrected chi connectivity index (χ1v) is 11.1. The third kappa shape index (κ3) is 2.14. The van der Waals surface area contributed by atoms with Gasteiger partial charge in [0.05, 0.1) is 12.5 Å². The van der Waals surface area contributed by atoms with Crippen LogP contribution in [-0.2, 0) is 19.1 Å². The molecule has 1 spiro atoms. The molecule has 30 heavy (non-hydrogen) atoms. The zero-order valence-corrected chi connectivity index (χ0v) is 17.8. The van der Waals surface area contributed by atoms with Crippen molar-refractivity contribution in [3.05, 3.63) is 23.8 Å². The van der Waals surface area contributed by atoms with Crippen molar-refractivity contribution in [2.24, 2.45) is 28.6 Å². The van der Waals surface area contributed by atoms with Crippen molar-refractivity contribution >= 4 is 17.5 Å². The van der Waals surface area contributed by atoms with E-state index in [2.05, 4.69) is 6.92 Å². The number of rotatable bonds is 4. The zero-order chi connectivity index (χ0) is 21.7. The van der Waals surface area contributed by atoms with E-state index in [1.54, 1.807) is 12.2 Å². The summed E-state index contributed by atoms with van der Waals surface area (Å²) in [5.74, 6) is -1.24. The van der Waals surface area contributed by atoms with E-state index in [0.29, 0.717) is 6.42 Å². The average molecular weight is 414 g/mol. The lowest BCUT2D eigenvalue weighted by Gasteiger charge is -2.55. The number of hydrogen-bond acceptors (Lipinski definition) is 5. The van der Waals surface area contributed by atoms with E-state index in [4.69, 9.17) is 9.84 Å². The Bertz CT molecular complexity index is 919. The summed E-state index contributed by atoms with van der Waals surface area (Å²) >= 11 is 0. The van der Waals surface area contributed by atoms with Crippen LogP contribution in [0.15, 0.2) is 23.8 Å². The number of carbonyl (C=O) groups excluding carboxylic acids is 2. The van der Waals surface area contributed by atoms with Crippen LogP contribution in [-0.4, -0.2) is 45.1 Å². The minimum Gasteiger partial charge on any atom is -0.481 e. The second kappa shape index (κ2) is 5.92. The van der Waals surface area contributed by atoms with E-state index in [1.807, 2.05) is 19.9 Å². The first-order valence-electron chi connectivity index (χ1n) is 11.1. The van der Waals surface area contributed by atoms with Gasteiger partial charge in [0.2, 0.25) is 0 Å². The molecule has 0 aromatic rings. The van der Waals surface area contributed by atoms with Gasteiger partial charge >= 0.3 is 5.97 Å². The molecule has 5 aliphatic rings. The largest absolute Gasteiger partial charge is 0.481 e. The fourth-order valence-electron chi connectivity index (χ4n) is 7.99. The normalized spacial score (nSPS) is 50.7. The van der Waals surface area contributed by atoms with Crippen LogP contribution in [0.25, 0.3) is 0 Å². The third-order valence-corrected chi connectivity index (χ3v) is 9.51. The molecule has 1 saturated heterocycles. The molecule has 3 saturated carbocycles. The van der Waals surface area contributed by atoms with Crippen molar-refractivity contribution < 1.29 is 29.3 Å². The molecule has 2 unspecified atom stereocenters. The molecule has 5 rings (SSSR count). The van der Waals surface area contributed by atoms with E-state index < -0.39 is 17.0 Å². The van der Waals surface area contributed by atoms with Gasteiger partial charge in [-0.3, -0.25) is 14.4 Å². The Kier molecular flexibility index (Phi) is 3.97. The monoisotopic (exact) mass is 414 g/mol. The number of carboxylic acid groups (broad SMARTS) is 1. The molecule has 0 radical (unpaired) electrons. The van der Waals surface area contributed by atoms with Crippen LogP contribution in [0.2, 0.25) is 0 Å². The van der Waals surface area contributed by atoms with Crippen molar-refractivity contribution in [1.82, 2.24) is 0 Å². The number of epoxide rings is 1. The highest BCUT2D eigenvalue weighted by molar-refractivity contribution is 6.01. The standard InChI is InChI=1S/C24H30O6/c1-13-10-17-16-5-4-14-11-15(25)8-9-21(14,2)24(16)19(30-24)12-22(17,3)23(13,29)18(26)6-7-20(27)28/h8-9,11,13,16-17,19,29H,4-7,10,12H2,1-3H3,(H,27,28)/t13?,16-,17-,19?,21-,22-,23-,24-/m0/s1. The Morgan fingerprint density at radius 1 is 1.23 bits per heavy atom. The van der Waals surface area contributed by atoms with Gasteiger partial charge in [-0.15, -0.1) is 0 Å². The number of fused-ring (bicyclic) bond motifs is 3. The molecule has 1 aliphatic heterocycles. The number of ketones is 2. The lowest BCUT2D eigenvalue weighted by atomic mass is 9.46. The molecule has 0 bridgehead atoms. The van der Waals surface area contributed by atoms with Crippen LogP contribution >= 0.6 is 0 Å². The van der Waals surface area contributed by atoms with Crippen LogP contribution in [0.1, 0.15) is 59.3 Å². The number of carboxylic acids is 1. The quantitative estimate of drug-likeness (QED) is 0.686. The molecule has 6 nitrogen and oxygen atoms in total. The van der Waals surface area contributed by atoms with E-state index in [9.17, 15) is 19.5 Å². The SMILES string of the molecule is CC1C[C@H]2[C@@H]3CCC4=CC(=O)C=C[C@]4(C)[C@]34OC4C[C@]2(C)[C@@]1(O)C(=O)CCC(=O)O. The predicted octanol–water partition coefficient (Wildman–Crippen LogP) is 2.84. The first kappa shape index (κ1) is 20.1. The van der Waals surface area contributed by atoms with Crippen molar-refractivity contribution in [1.29, 1.82) is 0 Å². The molecule has 6 heteroatoms. The maximum Gasteiger partial charge on any atom is 0.303 e. The number of Topliss-reactive ketones (excluding diaryl/α,β-unsaturated/α-hetero) is 1. The van der Waals surface area contributed by atoms with Gasteiger partial charge in [-0.25, -0.2) is 0 Å². The van der Waals surface area contributed by atoms with E-state index in [1.165, 1.54) is 0 Å². The van der Waals surface area contributed by atoms with Gasteiger partial charge in [-0.1, -0.05) is 25.5 Å². The molecular weight excluding hydrogens is 384 g/mol. The topological polar surface area (TPSA) is 104 Å². The Balaban J connectivity index is 1.52. The summed E-state index contributed by atoms with van der Waals surface area (Å²) in [6, 6.07) is 0. The van der Waals surface area contributed by atoms with Crippen LogP contribution in [0.4, 0.5) is 0 Å². The Morgan fingerprint density at radius 3 is 2.67 bits per heavy atom. The molecule has 8 atom stereocenters. The Morgan fingerprint density at radius 2 is 1.97 bits per heavy atom. The minimum absolute atomic E-state index is 0.0306. The van der Waals surface area contributed by atoms with E-state index in [-0.39, 0.29) is 59.3 Å². The molecule has 0 aromatic carbocycles. The molecule has 2 N–H and O–H groups in total. The number of aliphatic hydroxyl groups is 1. The van der Waals surface area contributed by atoms with Crippen molar-refractivity contribution in [3.8, 4) is 0 Å². The summed E-state index contributed by atoms with van der Waals surface area (Å²) in [5.41, 5.74) is -1.72. The second-order valence-electron chi connectivity index (χ2n) is 10.6. The van der Waals surface area contributed by atoms with Gasteiger partial charge in [0.25, 0.3) is 0 Å². The van der Waals surface area contributed by atoms with Gasteiger partial charge in [-0.05, 0) is 62.5 Å². The number of hydrogen-bond donors (Lipinski definition) is 2. The smallest absolute Gasteiger partial charge is 0.303 e. The lowest BCUT2D eigenvalue weighted by molar-refractivity contribution is -0.164. The Hall–Kier alpha value is -1.79. The van der Waals surface area contributed by atoms with Gasteiger partial charge in [0.15, 0.2) is 11.6 Å².